The van der Waals surface area contributed by atoms with Crippen molar-refractivity contribution < 1.29 is 12.8 Å². The first kappa shape index (κ1) is 12.3. The van der Waals surface area contributed by atoms with Gasteiger partial charge in [0.05, 0.1) is 4.88 Å². The molecule has 0 N–H and O–H groups in total. The summed E-state index contributed by atoms with van der Waals surface area (Å²) in [5.41, 5.74) is 0. The Kier molecular flexibility index (Phi) is 2.83. The second-order valence-corrected chi connectivity index (χ2v) is 7.20. The fourth-order valence-corrected chi connectivity index (χ4v) is 4.30. The van der Waals surface area contributed by atoms with Crippen molar-refractivity contribution in [3.8, 4) is 10.6 Å². The Hall–Kier alpha value is -1.79. The van der Waals surface area contributed by atoms with Gasteiger partial charge < -0.3 is 4.42 Å². The van der Waals surface area contributed by atoms with Crippen LogP contribution in [-0.4, -0.2) is 12.4 Å². The number of hydrogen-bond acceptors (Lipinski definition) is 4. The molecule has 0 aromatic carbocycles. The first-order chi connectivity index (χ1) is 9.07. The van der Waals surface area contributed by atoms with E-state index < -0.39 is 10.0 Å². The van der Waals surface area contributed by atoms with E-state index in [-0.39, 0.29) is 0 Å². The number of nitrogens with zero attached hydrogens (tertiary/aromatic N) is 1. The average molecular weight is 293 g/mol. The van der Waals surface area contributed by atoms with Crippen LogP contribution in [0.3, 0.4) is 0 Å². The quantitative estimate of drug-likeness (QED) is 0.744. The van der Waals surface area contributed by atoms with E-state index in [1.165, 1.54) is 27.7 Å². The monoisotopic (exact) mass is 293 g/mol. The standard InChI is InChI=1S/C13H11NO3S2/c1-10-4-5-11(17-10)12-6-7-13(18-12)19(15,16)14-8-2-3-9-14/h2-9H,1H3. The Morgan fingerprint density at radius 1 is 1.11 bits per heavy atom. The highest BCUT2D eigenvalue weighted by atomic mass is 32.2. The van der Waals surface area contributed by atoms with Crippen LogP contribution < -0.4 is 0 Å². The topological polar surface area (TPSA) is 52.2 Å². The van der Waals surface area contributed by atoms with E-state index in [1.54, 1.807) is 24.3 Å². The van der Waals surface area contributed by atoms with Crippen molar-refractivity contribution in [2.24, 2.45) is 0 Å². The zero-order valence-electron chi connectivity index (χ0n) is 10.1. The molecule has 0 bridgehead atoms. The normalized spacial score (nSPS) is 11.8. The molecule has 0 radical (unpaired) electrons. The minimum Gasteiger partial charge on any atom is -0.461 e. The van der Waals surface area contributed by atoms with Crippen LogP contribution in [0.15, 0.2) is 57.4 Å². The summed E-state index contributed by atoms with van der Waals surface area (Å²) in [5, 5.41) is 0. The molecule has 3 aromatic heterocycles. The maximum absolute atomic E-state index is 12.3. The van der Waals surface area contributed by atoms with Gasteiger partial charge in [0.25, 0.3) is 10.0 Å². The van der Waals surface area contributed by atoms with Crippen LogP contribution in [0.2, 0.25) is 0 Å². The smallest absolute Gasteiger partial charge is 0.277 e. The predicted octanol–water partition coefficient (Wildman–Crippen LogP) is 3.36. The molecule has 4 nitrogen and oxygen atoms in total. The van der Waals surface area contributed by atoms with Gasteiger partial charge in [-0.15, -0.1) is 11.3 Å². The van der Waals surface area contributed by atoms with Crippen molar-refractivity contribution >= 4 is 21.4 Å². The molecular weight excluding hydrogens is 282 g/mol. The van der Waals surface area contributed by atoms with Crippen molar-refractivity contribution in [1.29, 1.82) is 0 Å². The summed E-state index contributed by atoms with van der Waals surface area (Å²) in [4.78, 5) is 0.804. The molecule has 0 aliphatic heterocycles. The fourth-order valence-electron chi connectivity index (χ4n) is 1.74. The van der Waals surface area contributed by atoms with Gasteiger partial charge in [0.1, 0.15) is 15.7 Å². The highest BCUT2D eigenvalue weighted by Crippen LogP contribution is 2.32. The van der Waals surface area contributed by atoms with E-state index in [2.05, 4.69) is 0 Å². The van der Waals surface area contributed by atoms with Crippen LogP contribution in [0.4, 0.5) is 0 Å². The van der Waals surface area contributed by atoms with E-state index in [4.69, 9.17) is 4.42 Å². The molecule has 3 rings (SSSR count). The maximum atomic E-state index is 12.3. The zero-order valence-corrected chi connectivity index (χ0v) is 11.7. The first-order valence-corrected chi connectivity index (χ1v) is 7.88. The Morgan fingerprint density at radius 3 is 2.47 bits per heavy atom. The highest BCUT2D eigenvalue weighted by molar-refractivity contribution is 7.92. The van der Waals surface area contributed by atoms with Gasteiger partial charge in [-0.05, 0) is 43.3 Å². The van der Waals surface area contributed by atoms with E-state index in [9.17, 15) is 8.42 Å². The highest BCUT2D eigenvalue weighted by Gasteiger charge is 2.19. The van der Waals surface area contributed by atoms with Crippen molar-refractivity contribution in [3.63, 3.8) is 0 Å². The molecule has 0 aliphatic carbocycles. The molecule has 98 valence electrons. The number of thiophene rings is 1. The van der Waals surface area contributed by atoms with Gasteiger partial charge in [-0.3, -0.25) is 0 Å². The Balaban J connectivity index is 2.03. The van der Waals surface area contributed by atoms with Gasteiger partial charge in [0, 0.05) is 12.4 Å². The largest absolute Gasteiger partial charge is 0.461 e. The molecule has 0 fully saturated rings. The lowest BCUT2D eigenvalue weighted by Gasteiger charge is -2.01. The molecule has 0 aliphatic rings. The van der Waals surface area contributed by atoms with Crippen molar-refractivity contribution in [3.05, 3.63) is 54.6 Å². The van der Waals surface area contributed by atoms with Crippen LogP contribution in [0.1, 0.15) is 5.76 Å². The molecule has 0 atom stereocenters. The molecule has 3 aromatic rings. The van der Waals surface area contributed by atoms with Crippen molar-refractivity contribution in [2.75, 3.05) is 0 Å². The Labute approximate surface area is 115 Å². The number of furan rings is 1. The number of aromatic nitrogens is 1. The average Bonchev–Trinajstić information content (AvgIpc) is 3.10. The van der Waals surface area contributed by atoms with Crippen LogP contribution in [0.25, 0.3) is 10.6 Å². The molecular formula is C13H11NO3S2. The number of hydrogen-bond donors (Lipinski definition) is 0. The summed E-state index contributed by atoms with van der Waals surface area (Å²) in [6.07, 6.45) is 3.04. The second kappa shape index (κ2) is 4.40. The van der Waals surface area contributed by atoms with E-state index >= 15 is 0 Å². The SMILES string of the molecule is Cc1ccc(-c2ccc(S(=O)(=O)n3cccc3)s2)o1. The molecule has 0 amide bonds. The summed E-state index contributed by atoms with van der Waals surface area (Å²) >= 11 is 1.20. The zero-order chi connectivity index (χ0) is 13.5. The Morgan fingerprint density at radius 2 is 1.84 bits per heavy atom. The van der Waals surface area contributed by atoms with Crippen LogP contribution in [0.5, 0.6) is 0 Å². The summed E-state index contributed by atoms with van der Waals surface area (Å²) in [5.74, 6) is 1.50. The molecule has 19 heavy (non-hydrogen) atoms. The lowest BCUT2D eigenvalue weighted by Crippen LogP contribution is -2.08. The molecule has 6 heteroatoms. The van der Waals surface area contributed by atoms with Crippen molar-refractivity contribution in [2.45, 2.75) is 11.1 Å². The lowest BCUT2D eigenvalue weighted by molar-refractivity contribution is 0.549. The summed E-state index contributed by atoms with van der Waals surface area (Å²) in [6.45, 7) is 1.86. The van der Waals surface area contributed by atoms with Gasteiger partial charge in [0.2, 0.25) is 0 Å². The predicted molar refractivity (Wildman–Crippen MR) is 73.8 cm³/mol. The first-order valence-electron chi connectivity index (χ1n) is 5.62. The van der Waals surface area contributed by atoms with Gasteiger partial charge >= 0.3 is 0 Å². The number of aryl methyl sites for hydroxylation is 1. The van der Waals surface area contributed by atoms with Gasteiger partial charge in [-0.25, -0.2) is 3.97 Å². The van der Waals surface area contributed by atoms with Gasteiger partial charge in [0.15, 0.2) is 0 Å². The lowest BCUT2D eigenvalue weighted by atomic mass is 10.4. The maximum Gasteiger partial charge on any atom is 0.277 e. The molecule has 0 saturated heterocycles. The van der Waals surface area contributed by atoms with Crippen LogP contribution in [-0.2, 0) is 10.0 Å². The minimum atomic E-state index is -3.48. The van der Waals surface area contributed by atoms with Gasteiger partial charge in [-0.2, -0.15) is 8.42 Å². The summed E-state index contributed by atoms with van der Waals surface area (Å²) < 4.78 is 31.6. The van der Waals surface area contributed by atoms with Crippen LogP contribution in [0, 0.1) is 6.92 Å². The Bertz CT molecular complexity index is 795. The third-order valence-electron chi connectivity index (χ3n) is 2.67. The summed E-state index contributed by atoms with van der Waals surface area (Å²) in [6, 6.07) is 10.4. The molecule has 0 spiro atoms. The van der Waals surface area contributed by atoms with E-state index in [1.807, 2.05) is 19.1 Å². The third-order valence-corrected chi connectivity index (χ3v) is 5.89. The summed E-state index contributed by atoms with van der Waals surface area (Å²) in [7, 11) is -3.48. The number of rotatable bonds is 3. The molecule has 0 saturated carbocycles. The molecule has 3 heterocycles. The van der Waals surface area contributed by atoms with E-state index in [0.29, 0.717) is 9.97 Å². The van der Waals surface area contributed by atoms with Crippen molar-refractivity contribution in [1.82, 2.24) is 3.97 Å². The second-order valence-electron chi connectivity index (χ2n) is 4.05. The van der Waals surface area contributed by atoms with Crippen LogP contribution >= 0.6 is 11.3 Å². The van der Waals surface area contributed by atoms with Gasteiger partial charge in [-0.1, -0.05) is 0 Å². The van der Waals surface area contributed by atoms with E-state index in [0.717, 1.165) is 10.6 Å². The fraction of sp³-hybridized carbons (Fsp3) is 0.0769. The minimum absolute atomic E-state index is 0.299. The third kappa shape index (κ3) is 2.13. The molecule has 0 unspecified atom stereocenters.